The van der Waals surface area contributed by atoms with Crippen LogP contribution in [0.5, 0.6) is 0 Å². The van der Waals surface area contributed by atoms with Gasteiger partial charge in [-0.25, -0.2) is 0 Å². The van der Waals surface area contributed by atoms with Crippen molar-refractivity contribution in [3.8, 4) is 0 Å². The van der Waals surface area contributed by atoms with Gasteiger partial charge in [0.1, 0.15) is 0 Å². The van der Waals surface area contributed by atoms with Gasteiger partial charge in [0.25, 0.3) is 0 Å². The summed E-state index contributed by atoms with van der Waals surface area (Å²) in [6.45, 7) is 6.08. The van der Waals surface area contributed by atoms with Crippen molar-refractivity contribution in [3.05, 3.63) is 0 Å². The third kappa shape index (κ3) is 1.76. The van der Waals surface area contributed by atoms with Crippen molar-refractivity contribution >= 4 is 0 Å². The standard InChI is InChI=1S/C15H26N2/c1-3-7-16-11-14-12(9-13(16)5-1)10-17-8-4-2-6-15(14)17/h12-15H,1-11H2/p+2. The first kappa shape index (κ1) is 10.8. The van der Waals surface area contributed by atoms with Crippen LogP contribution in [-0.2, 0) is 0 Å². The third-order valence-corrected chi connectivity index (χ3v) is 6.40. The molecule has 0 spiro atoms. The second-order valence-electron chi connectivity index (χ2n) is 7.18. The molecule has 0 aromatic carbocycles. The molecule has 6 atom stereocenters. The molecule has 0 aliphatic carbocycles. The zero-order valence-corrected chi connectivity index (χ0v) is 11.1. The first-order chi connectivity index (χ1) is 8.42. The van der Waals surface area contributed by atoms with Gasteiger partial charge in [-0.15, -0.1) is 0 Å². The zero-order chi connectivity index (χ0) is 11.2. The molecule has 0 saturated carbocycles. The average Bonchev–Trinajstić information content (AvgIpc) is 2.73. The molecule has 2 N–H and O–H groups in total. The summed E-state index contributed by atoms with van der Waals surface area (Å²) >= 11 is 0. The van der Waals surface area contributed by atoms with Crippen LogP contribution in [0.15, 0.2) is 0 Å². The Morgan fingerprint density at radius 2 is 1.59 bits per heavy atom. The highest BCUT2D eigenvalue weighted by Crippen LogP contribution is 2.30. The van der Waals surface area contributed by atoms with Crippen LogP contribution in [0, 0.1) is 11.8 Å². The predicted molar refractivity (Wildman–Crippen MR) is 68.3 cm³/mol. The summed E-state index contributed by atoms with van der Waals surface area (Å²) in [6.07, 6.45) is 10.7. The van der Waals surface area contributed by atoms with E-state index in [-0.39, 0.29) is 0 Å². The van der Waals surface area contributed by atoms with Crippen LogP contribution < -0.4 is 9.80 Å². The lowest BCUT2D eigenvalue weighted by Crippen LogP contribution is -3.19. The zero-order valence-electron chi connectivity index (χ0n) is 11.1. The Kier molecular flexibility index (Phi) is 2.69. The fourth-order valence-corrected chi connectivity index (χ4v) is 5.63. The molecule has 2 heteroatoms. The maximum absolute atomic E-state index is 2.01. The number of piperidine rings is 3. The Hall–Kier alpha value is -0.0800. The molecule has 0 amide bonds. The van der Waals surface area contributed by atoms with Crippen molar-refractivity contribution in [3.63, 3.8) is 0 Å². The highest BCUT2D eigenvalue weighted by Gasteiger charge is 2.52. The van der Waals surface area contributed by atoms with Crippen LogP contribution in [0.25, 0.3) is 0 Å². The minimum atomic E-state index is 1.06. The van der Waals surface area contributed by atoms with Crippen LogP contribution in [0.3, 0.4) is 0 Å². The van der Waals surface area contributed by atoms with Crippen molar-refractivity contribution in [2.24, 2.45) is 11.8 Å². The summed E-state index contributed by atoms with van der Waals surface area (Å²) in [5.41, 5.74) is 0. The molecule has 17 heavy (non-hydrogen) atoms. The molecule has 4 aliphatic heterocycles. The van der Waals surface area contributed by atoms with E-state index in [9.17, 15) is 0 Å². The van der Waals surface area contributed by atoms with Crippen LogP contribution in [0.4, 0.5) is 0 Å². The summed E-state index contributed by atoms with van der Waals surface area (Å²) in [6, 6.07) is 2.13. The molecule has 0 aromatic rings. The second kappa shape index (κ2) is 4.24. The van der Waals surface area contributed by atoms with Crippen molar-refractivity contribution in [1.82, 2.24) is 0 Å². The van der Waals surface area contributed by atoms with E-state index in [0.717, 1.165) is 23.9 Å². The minimum absolute atomic E-state index is 1.06. The number of quaternary nitrogens is 2. The third-order valence-electron chi connectivity index (χ3n) is 6.40. The quantitative estimate of drug-likeness (QED) is 0.562. The summed E-state index contributed by atoms with van der Waals surface area (Å²) < 4.78 is 0. The van der Waals surface area contributed by atoms with Gasteiger partial charge in [-0.2, -0.15) is 0 Å². The number of fused-ring (bicyclic) bond motifs is 4. The molecule has 4 rings (SSSR count). The van der Waals surface area contributed by atoms with Gasteiger partial charge in [-0.1, -0.05) is 0 Å². The summed E-state index contributed by atoms with van der Waals surface area (Å²) in [4.78, 5) is 4.01. The monoisotopic (exact) mass is 236 g/mol. The van der Waals surface area contributed by atoms with E-state index in [1.165, 1.54) is 38.8 Å². The lowest BCUT2D eigenvalue weighted by Gasteiger charge is -2.41. The Balaban J connectivity index is 1.52. The van der Waals surface area contributed by atoms with Gasteiger partial charge in [0.2, 0.25) is 0 Å². The highest BCUT2D eigenvalue weighted by molar-refractivity contribution is 4.88. The summed E-state index contributed by atoms with van der Waals surface area (Å²) in [5.74, 6) is 2.22. The molecular formula is C15H28N2+2. The second-order valence-corrected chi connectivity index (χ2v) is 7.18. The highest BCUT2D eigenvalue weighted by atomic mass is 15.2. The SMILES string of the molecule is C1CC[NH+]2CC3C(CC2C1)C[NH+]1CCCCC31. The average molecular weight is 236 g/mol. The summed E-state index contributed by atoms with van der Waals surface area (Å²) in [7, 11) is 0. The first-order valence-corrected chi connectivity index (χ1v) is 8.11. The van der Waals surface area contributed by atoms with E-state index >= 15 is 0 Å². The predicted octanol–water partition coefficient (Wildman–Crippen LogP) is -0.489. The van der Waals surface area contributed by atoms with Gasteiger partial charge in [-0.05, 0) is 32.1 Å². The lowest BCUT2D eigenvalue weighted by atomic mass is 9.77. The van der Waals surface area contributed by atoms with Crippen LogP contribution in [0.2, 0.25) is 0 Å². The first-order valence-electron chi connectivity index (χ1n) is 8.11. The normalized spacial score (nSPS) is 53.6. The van der Waals surface area contributed by atoms with Crippen LogP contribution in [0.1, 0.15) is 44.9 Å². The molecule has 2 nitrogen and oxygen atoms in total. The minimum Gasteiger partial charge on any atom is -0.332 e. The fourth-order valence-electron chi connectivity index (χ4n) is 5.63. The van der Waals surface area contributed by atoms with E-state index in [4.69, 9.17) is 0 Å². The molecule has 0 aromatic heterocycles. The van der Waals surface area contributed by atoms with E-state index < -0.39 is 0 Å². The van der Waals surface area contributed by atoms with Crippen LogP contribution >= 0.6 is 0 Å². The molecule has 0 radical (unpaired) electrons. The topological polar surface area (TPSA) is 8.88 Å². The van der Waals surface area contributed by atoms with Crippen molar-refractivity contribution in [1.29, 1.82) is 0 Å². The van der Waals surface area contributed by atoms with Gasteiger partial charge in [-0.3, -0.25) is 0 Å². The van der Waals surface area contributed by atoms with Crippen molar-refractivity contribution in [2.45, 2.75) is 57.0 Å². The van der Waals surface area contributed by atoms with E-state index in [2.05, 4.69) is 0 Å². The van der Waals surface area contributed by atoms with E-state index in [1.807, 2.05) is 9.80 Å². The lowest BCUT2D eigenvalue weighted by molar-refractivity contribution is -0.946. The number of hydrogen-bond donors (Lipinski definition) is 2. The Morgan fingerprint density at radius 1 is 0.765 bits per heavy atom. The smallest absolute Gasteiger partial charge is 0.0962 e. The van der Waals surface area contributed by atoms with Crippen LogP contribution in [-0.4, -0.2) is 38.3 Å². The molecule has 4 aliphatic rings. The van der Waals surface area contributed by atoms with Gasteiger partial charge in [0, 0.05) is 18.8 Å². The molecule has 6 unspecified atom stereocenters. The number of rotatable bonds is 0. The Labute approximate surface area is 105 Å². The fraction of sp³-hybridized carbons (Fsp3) is 1.00. The molecule has 4 fully saturated rings. The summed E-state index contributed by atoms with van der Waals surface area (Å²) in [5, 5.41) is 0. The van der Waals surface area contributed by atoms with Gasteiger partial charge >= 0.3 is 0 Å². The molecular weight excluding hydrogens is 208 g/mol. The molecule has 4 saturated heterocycles. The number of nitrogens with one attached hydrogen (secondary N) is 2. The Bertz CT molecular complexity index is 289. The molecule has 0 bridgehead atoms. The maximum atomic E-state index is 2.01. The Morgan fingerprint density at radius 3 is 2.53 bits per heavy atom. The molecule has 4 heterocycles. The van der Waals surface area contributed by atoms with Gasteiger partial charge in [0.15, 0.2) is 0 Å². The van der Waals surface area contributed by atoms with Gasteiger partial charge in [0.05, 0.1) is 44.2 Å². The largest absolute Gasteiger partial charge is 0.332 e. The van der Waals surface area contributed by atoms with Gasteiger partial charge < -0.3 is 9.80 Å². The van der Waals surface area contributed by atoms with E-state index in [1.54, 1.807) is 32.4 Å². The maximum Gasteiger partial charge on any atom is 0.0962 e. The number of hydrogen-bond acceptors (Lipinski definition) is 0. The van der Waals surface area contributed by atoms with Crippen molar-refractivity contribution in [2.75, 3.05) is 26.2 Å². The van der Waals surface area contributed by atoms with E-state index in [0.29, 0.717) is 0 Å². The molecule has 96 valence electrons. The van der Waals surface area contributed by atoms with Crippen molar-refractivity contribution < 1.29 is 9.80 Å².